The molecule has 0 saturated heterocycles. The highest BCUT2D eigenvalue weighted by Crippen LogP contribution is 2.23. The summed E-state index contributed by atoms with van der Waals surface area (Å²) in [7, 11) is 0. The molecule has 7 heteroatoms. The van der Waals surface area contributed by atoms with Crippen molar-refractivity contribution < 1.29 is 0 Å². The average Bonchev–Trinajstić information content (AvgIpc) is 2.94. The fraction of sp³-hybridized carbons (Fsp3) is 0.462. The van der Waals surface area contributed by atoms with E-state index in [4.69, 9.17) is 0 Å². The molecule has 0 aromatic carbocycles. The highest BCUT2D eigenvalue weighted by molar-refractivity contribution is 7.98. The predicted octanol–water partition coefficient (Wildman–Crippen LogP) is 1.85. The number of nitrogens with zero attached hydrogens (tertiary/aromatic N) is 5. The lowest BCUT2D eigenvalue weighted by molar-refractivity contribution is 0.554. The Morgan fingerprint density at radius 3 is 3.05 bits per heavy atom. The van der Waals surface area contributed by atoms with E-state index in [-0.39, 0.29) is 0 Å². The summed E-state index contributed by atoms with van der Waals surface area (Å²) < 4.78 is 2.19. The monoisotopic (exact) mass is 290 g/mol. The highest BCUT2D eigenvalue weighted by Gasteiger charge is 2.19. The van der Waals surface area contributed by atoms with Gasteiger partial charge in [0.05, 0.1) is 6.54 Å². The van der Waals surface area contributed by atoms with Crippen LogP contribution in [0, 0.1) is 0 Å². The summed E-state index contributed by atoms with van der Waals surface area (Å²) in [4.78, 5) is 15.7. The molecule has 1 N–H and O–H groups in total. The molecule has 20 heavy (non-hydrogen) atoms. The summed E-state index contributed by atoms with van der Waals surface area (Å²) >= 11 is 1.56. The Kier molecular flexibility index (Phi) is 3.77. The molecule has 106 valence electrons. The van der Waals surface area contributed by atoms with Crippen molar-refractivity contribution in [2.75, 3.05) is 29.6 Å². The molecule has 2 aromatic rings. The van der Waals surface area contributed by atoms with Crippen LogP contribution in [0.25, 0.3) is 0 Å². The SMILES string of the molecule is CCNc1cc(N2CCn3ccnc3C2)nc(SC)n1. The molecular weight excluding hydrogens is 272 g/mol. The summed E-state index contributed by atoms with van der Waals surface area (Å²) in [6.07, 6.45) is 5.89. The number of hydrogen-bond donors (Lipinski definition) is 1. The van der Waals surface area contributed by atoms with E-state index in [9.17, 15) is 0 Å². The van der Waals surface area contributed by atoms with Gasteiger partial charge >= 0.3 is 0 Å². The zero-order valence-electron chi connectivity index (χ0n) is 11.7. The maximum Gasteiger partial charge on any atom is 0.191 e. The van der Waals surface area contributed by atoms with Gasteiger partial charge in [0.25, 0.3) is 0 Å². The number of nitrogens with one attached hydrogen (secondary N) is 1. The van der Waals surface area contributed by atoms with Gasteiger partial charge in [0.1, 0.15) is 17.5 Å². The molecule has 0 saturated carbocycles. The maximum atomic E-state index is 4.62. The number of hydrogen-bond acceptors (Lipinski definition) is 6. The van der Waals surface area contributed by atoms with Crippen LogP contribution in [-0.4, -0.2) is 38.9 Å². The molecule has 1 aliphatic rings. The molecule has 1 aliphatic heterocycles. The van der Waals surface area contributed by atoms with Crippen LogP contribution in [0.3, 0.4) is 0 Å². The first kappa shape index (κ1) is 13.2. The topological polar surface area (TPSA) is 58.9 Å². The van der Waals surface area contributed by atoms with Gasteiger partial charge in [-0.25, -0.2) is 15.0 Å². The van der Waals surface area contributed by atoms with Crippen molar-refractivity contribution in [2.45, 2.75) is 25.2 Å². The van der Waals surface area contributed by atoms with Crippen LogP contribution in [-0.2, 0) is 13.1 Å². The minimum Gasteiger partial charge on any atom is -0.370 e. The van der Waals surface area contributed by atoms with Crippen LogP contribution in [0.2, 0.25) is 0 Å². The zero-order chi connectivity index (χ0) is 13.9. The van der Waals surface area contributed by atoms with Gasteiger partial charge in [0.15, 0.2) is 5.16 Å². The number of anilines is 2. The second kappa shape index (κ2) is 5.70. The van der Waals surface area contributed by atoms with E-state index in [1.807, 2.05) is 24.7 Å². The molecule has 0 radical (unpaired) electrons. The highest BCUT2D eigenvalue weighted by atomic mass is 32.2. The second-order valence-electron chi connectivity index (χ2n) is 4.59. The standard InChI is InChI=1S/C13H18N6S/c1-3-14-10-8-11(17-13(16-10)20-2)19-7-6-18-5-4-15-12(18)9-19/h4-5,8H,3,6-7,9H2,1-2H3,(H,14,16,17). The Morgan fingerprint density at radius 2 is 2.25 bits per heavy atom. The van der Waals surface area contributed by atoms with Crippen LogP contribution in [0.15, 0.2) is 23.6 Å². The number of imidazole rings is 1. The number of fused-ring (bicyclic) bond motifs is 1. The molecular formula is C13H18N6S. The lowest BCUT2D eigenvalue weighted by Gasteiger charge is -2.29. The predicted molar refractivity (Wildman–Crippen MR) is 81.3 cm³/mol. The van der Waals surface area contributed by atoms with Crippen LogP contribution in [0.5, 0.6) is 0 Å². The summed E-state index contributed by atoms with van der Waals surface area (Å²) in [5, 5.41) is 4.06. The van der Waals surface area contributed by atoms with Gasteiger partial charge in [-0.05, 0) is 13.2 Å². The van der Waals surface area contributed by atoms with Gasteiger partial charge in [0.2, 0.25) is 0 Å². The van der Waals surface area contributed by atoms with Crippen molar-refractivity contribution >= 4 is 23.4 Å². The van der Waals surface area contributed by atoms with E-state index in [1.54, 1.807) is 11.8 Å². The van der Waals surface area contributed by atoms with E-state index in [1.165, 1.54) is 0 Å². The molecule has 2 aromatic heterocycles. The average molecular weight is 290 g/mol. The first-order valence-electron chi connectivity index (χ1n) is 6.72. The Bertz CT molecular complexity index is 596. The normalized spacial score (nSPS) is 14.2. The van der Waals surface area contributed by atoms with Crippen molar-refractivity contribution in [2.24, 2.45) is 0 Å². The molecule has 3 heterocycles. The Hall–Kier alpha value is -1.76. The minimum atomic E-state index is 0.795. The number of aromatic nitrogens is 4. The third kappa shape index (κ3) is 2.58. The number of thioether (sulfide) groups is 1. The molecule has 0 spiro atoms. The molecule has 0 unspecified atom stereocenters. The molecule has 0 bridgehead atoms. The fourth-order valence-corrected chi connectivity index (χ4v) is 2.68. The van der Waals surface area contributed by atoms with E-state index >= 15 is 0 Å². The van der Waals surface area contributed by atoms with Gasteiger partial charge in [-0.2, -0.15) is 0 Å². The van der Waals surface area contributed by atoms with Crippen LogP contribution >= 0.6 is 11.8 Å². The lowest BCUT2D eigenvalue weighted by Crippen LogP contribution is -2.34. The van der Waals surface area contributed by atoms with Crippen LogP contribution in [0.1, 0.15) is 12.7 Å². The Balaban J connectivity index is 1.88. The molecule has 0 aliphatic carbocycles. The van der Waals surface area contributed by atoms with Gasteiger partial charge < -0.3 is 14.8 Å². The lowest BCUT2D eigenvalue weighted by atomic mass is 10.3. The first-order valence-corrected chi connectivity index (χ1v) is 7.94. The third-order valence-electron chi connectivity index (χ3n) is 3.30. The summed E-state index contributed by atoms with van der Waals surface area (Å²) in [6.45, 7) is 5.61. The van der Waals surface area contributed by atoms with Crippen LogP contribution in [0.4, 0.5) is 11.6 Å². The van der Waals surface area contributed by atoms with E-state index in [0.29, 0.717) is 0 Å². The number of rotatable bonds is 4. The summed E-state index contributed by atoms with van der Waals surface area (Å²) in [6, 6.07) is 2.02. The molecule has 0 atom stereocenters. The zero-order valence-corrected chi connectivity index (χ0v) is 12.5. The Labute approximate surface area is 122 Å². The summed E-state index contributed by atoms with van der Waals surface area (Å²) in [5.41, 5.74) is 0. The summed E-state index contributed by atoms with van der Waals surface area (Å²) in [5.74, 6) is 2.94. The maximum absolute atomic E-state index is 4.62. The van der Waals surface area contributed by atoms with Gasteiger partial charge in [-0.15, -0.1) is 0 Å². The van der Waals surface area contributed by atoms with Crippen molar-refractivity contribution in [3.05, 3.63) is 24.3 Å². The smallest absolute Gasteiger partial charge is 0.191 e. The van der Waals surface area contributed by atoms with E-state index in [2.05, 4.69) is 36.7 Å². The molecule has 3 rings (SSSR count). The van der Waals surface area contributed by atoms with Gasteiger partial charge in [-0.1, -0.05) is 11.8 Å². The minimum absolute atomic E-state index is 0.795. The van der Waals surface area contributed by atoms with E-state index < -0.39 is 0 Å². The quantitative estimate of drug-likeness (QED) is 0.685. The van der Waals surface area contributed by atoms with Gasteiger partial charge in [0, 0.05) is 38.1 Å². The molecule has 6 nitrogen and oxygen atoms in total. The van der Waals surface area contributed by atoms with Gasteiger partial charge in [-0.3, -0.25) is 0 Å². The van der Waals surface area contributed by atoms with Crippen LogP contribution < -0.4 is 10.2 Å². The second-order valence-corrected chi connectivity index (χ2v) is 5.36. The third-order valence-corrected chi connectivity index (χ3v) is 3.85. The molecule has 0 amide bonds. The van der Waals surface area contributed by atoms with Crippen molar-refractivity contribution in [1.82, 2.24) is 19.5 Å². The fourth-order valence-electron chi connectivity index (χ4n) is 2.31. The first-order chi connectivity index (χ1) is 9.80. The van der Waals surface area contributed by atoms with Crippen molar-refractivity contribution in [1.29, 1.82) is 0 Å². The molecule has 0 fully saturated rings. The largest absolute Gasteiger partial charge is 0.370 e. The Morgan fingerprint density at radius 1 is 1.35 bits per heavy atom. The van der Waals surface area contributed by atoms with E-state index in [0.717, 1.165) is 48.8 Å². The van der Waals surface area contributed by atoms with Crippen molar-refractivity contribution in [3.63, 3.8) is 0 Å². The van der Waals surface area contributed by atoms with Crippen molar-refractivity contribution in [3.8, 4) is 0 Å².